The summed E-state index contributed by atoms with van der Waals surface area (Å²) in [6.07, 6.45) is 6.65. The van der Waals surface area contributed by atoms with Crippen molar-refractivity contribution in [3.8, 4) is 5.75 Å². The third-order valence-corrected chi connectivity index (χ3v) is 4.58. The van der Waals surface area contributed by atoms with Gasteiger partial charge < -0.3 is 9.64 Å². The second-order valence-corrected chi connectivity index (χ2v) is 6.46. The van der Waals surface area contributed by atoms with Gasteiger partial charge in [0.1, 0.15) is 11.9 Å². The van der Waals surface area contributed by atoms with Crippen molar-refractivity contribution in [2.45, 2.75) is 12.6 Å². The zero-order valence-corrected chi connectivity index (χ0v) is 14.9. The monoisotopic (exact) mass is 356 g/mol. The zero-order valence-electron chi connectivity index (χ0n) is 14.9. The summed E-state index contributed by atoms with van der Waals surface area (Å²) < 4.78 is 6.26. The number of pyridine rings is 1. The first-order valence-corrected chi connectivity index (χ1v) is 8.96. The maximum atomic E-state index is 12.9. The number of hydrogen-bond acceptors (Lipinski definition) is 3. The second kappa shape index (κ2) is 7.87. The van der Waals surface area contributed by atoms with E-state index in [1.165, 1.54) is 0 Å². The molecule has 27 heavy (non-hydrogen) atoms. The number of carbonyl (C=O) groups is 1. The van der Waals surface area contributed by atoms with E-state index in [9.17, 15) is 4.79 Å². The summed E-state index contributed by atoms with van der Waals surface area (Å²) in [4.78, 5) is 18.8. The summed E-state index contributed by atoms with van der Waals surface area (Å²) in [7, 11) is 0. The molecule has 1 amide bonds. The fourth-order valence-electron chi connectivity index (χ4n) is 3.17. The summed E-state index contributed by atoms with van der Waals surface area (Å²) in [5.74, 6) is 0.790. The molecular formula is C23H20N2O2. The van der Waals surface area contributed by atoms with Crippen molar-refractivity contribution in [2.75, 3.05) is 6.54 Å². The van der Waals surface area contributed by atoms with Crippen LogP contribution in [-0.4, -0.2) is 22.3 Å². The van der Waals surface area contributed by atoms with Crippen LogP contribution in [0.2, 0.25) is 0 Å². The zero-order chi connectivity index (χ0) is 18.5. The molecule has 0 aliphatic carbocycles. The molecule has 0 N–H and O–H groups in total. The van der Waals surface area contributed by atoms with Gasteiger partial charge in [0.05, 0.1) is 6.54 Å². The summed E-state index contributed by atoms with van der Waals surface area (Å²) in [5.41, 5.74) is 2.97. The second-order valence-electron chi connectivity index (χ2n) is 6.46. The lowest BCUT2D eigenvalue weighted by molar-refractivity contribution is -0.127. The third kappa shape index (κ3) is 4.06. The highest BCUT2D eigenvalue weighted by molar-refractivity contribution is 5.91. The minimum absolute atomic E-state index is 0.0416. The van der Waals surface area contributed by atoms with Crippen molar-refractivity contribution in [1.82, 2.24) is 9.88 Å². The van der Waals surface area contributed by atoms with Gasteiger partial charge in [-0.3, -0.25) is 9.78 Å². The lowest BCUT2D eigenvalue weighted by Gasteiger charge is -2.23. The number of nitrogens with zero attached hydrogens (tertiary/aromatic N) is 2. The first-order chi connectivity index (χ1) is 13.3. The predicted octanol–water partition coefficient (Wildman–Crippen LogP) is 4.26. The Morgan fingerprint density at radius 1 is 1.04 bits per heavy atom. The summed E-state index contributed by atoms with van der Waals surface area (Å²) in [5, 5.41) is 0. The topological polar surface area (TPSA) is 42.4 Å². The molecule has 3 aromatic rings. The van der Waals surface area contributed by atoms with Crippen LogP contribution in [0, 0.1) is 0 Å². The van der Waals surface area contributed by atoms with Gasteiger partial charge in [-0.15, -0.1) is 0 Å². The number of amides is 1. The van der Waals surface area contributed by atoms with Crippen LogP contribution in [0.15, 0.2) is 85.2 Å². The number of aromatic nitrogens is 1. The Morgan fingerprint density at radius 2 is 1.85 bits per heavy atom. The molecule has 4 rings (SSSR count). The number of benzene rings is 2. The molecule has 0 spiro atoms. The standard InChI is InChI=1S/C23H20N2O2/c26-23(13-12-18-7-6-14-24-15-18)25-16-20-10-4-5-11-21(20)27-22(17-25)19-8-2-1-3-9-19/h1-15,22H,16-17H2/b13-12+. The summed E-state index contributed by atoms with van der Waals surface area (Å²) in [6, 6.07) is 21.7. The Hall–Kier alpha value is -3.40. The Balaban J connectivity index is 1.61. The number of rotatable bonds is 3. The lowest BCUT2D eigenvalue weighted by Crippen LogP contribution is -2.32. The van der Waals surface area contributed by atoms with E-state index in [0.717, 1.165) is 22.4 Å². The first kappa shape index (κ1) is 17.0. The van der Waals surface area contributed by atoms with E-state index in [-0.39, 0.29) is 12.0 Å². The SMILES string of the molecule is O=C(/C=C/c1cccnc1)N1Cc2ccccc2OC(c2ccccc2)C1. The van der Waals surface area contributed by atoms with Crippen molar-refractivity contribution < 1.29 is 9.53 Å². The van der Waals surface area contributed by atoms with E-state index >= 15 is 0 Å². The van der Waals surface area contributed by atoms with Crippen LogP contribution in [0.4, 0.5) is 0 Å². The van der Waals surface area contributed by atoms with Crippen molar-refractivity contribution in [1.29, 1.82) is 0 Å². The highest BCUT2D eigenvalue weighted by Gasteiger charge is 2.26. The van der Waals surface area contributed by atoms with Crippen LogP contribution in [0.3, 0.4) is 0 Å². The van der Waals surface area contributed by atoms with E-state index in [2.05, 4.69) is 4.98 Å². The van der Waals surface area contributed by atoms with Crippen LogP contribution in [-0.2, 0) is 11.3 Å². The average molecular weight is 356 g/mol. The first-order valence-electron chi connectivity index (χ1n) is 8.96. The quantitative estimate of drug-likeness (QED) is 0.659. The molecule has 2 aromatic carbocycles. The molecule has 4 nitrogen and oxygen atoms in total. The van der Waals surface area contributed by atoms with Gasteiger partial charge in [-0.1, -0.05) is 54.6 Å². The van der Waals surface area contributed by atoms with Crippen molar-refractivity contribution in [3.05, 3.63) is 102 Å². The fourth-order valence-corrected chi connectivity index (χ4v) is 3.17. The Bertz CT molecular complexity index is 939. The summed E-state index contributed by atoms with van der Waals surface area (Å²) in [6.45, 7) is 1.02. The molecule has 1 atom stereocenters. The molecule has 0 saturated heterocycles. The van der Waals surface area contributed by atoms with Crippen LogP contribution >= 0.6 is 0 Å². The van der Waals surface area contributed by atoms with Crippen molar-refractivity contribution in [3.63, 3.8) is 0 Å². The van der Waals surface area contributed by atoms with Gasteiger partial charge in [0, 0.05) is 30.6 Å². The van der Waals surface area contributed by atoms with E-state index in [1.54, 1.807) is 24.5 Å². The predicted molar refractivity (Wildman–Crippen MR) is 105 cm³/mol. The minimum atomic E-state index is -0.203. The molecule has 1 aliphatic rings. The smallest absolute Gasteiger partial charge is 0.247 e. The van der Waals surface area contributed by atoms with Crippen LogP contribution in [0.5, 0.6) is 5.75 Å². The number of para-hydroxylation sites is 1. The van der Waals surface area contributed by atoms with Gasteiger partial charge in [0.25, 0.3) is 0 Å². The number of hydrogen-bond donors (Lipinski definition) is 0. The van der Waals surface area contributed by atoms with Crippen LogP contribution < -0.4 is 4.74 Å². The molecule has 1 aliphatic heterocycles. The van der Waals surface area contributed by atoms with E-state index in [4.69, 9.17) is 4.74 Å². The van der Waals surface area contributed by atoms with Gasteiger partial charge in [0.2, 0.25) is 5.91 Å². The van der Waals surface area contributed by atoms with Gasteiger partial charge >= 0.3 is 0 Å². The fraction of sp³-hybridized carbons (Fsp3) is 0.130. The lowest BCUT2D eigenvalue weighted by atomic mass is 10.1. The minimum Gasteiger partial charge on any atom is -0.484 e. The molecule has 0 bridgehead atoms. The van der Waals surface area contributed by atoms with Crippen LogP contribution in [0.25, 0.3) is 6.08 Å². The van der Waals surface area contributed by atoms with E-state index < -0.39 is 0 Å². The molecule has 0 radical (unpaired) electrons. The van der Waals surface area contributed by atoms with E-state index in [1.807, 2.05) is 71.6 Å². The normalized spacial score (nSPS) is 16.4. The Morgan fingerprint density at radius 3 is 2.67 bits per heavy atom. The molecule has 1 aromatic heterocycles. The van der Waals surface area contributed by atoms with Gasteiger partial charge in [0.15, 0.2) is 0 Å². The molecule has 0 fully saturated rings. The average Bonchev–Trinajstić information content (AvgIpc) is 2.93. The largest absolute Gasteiger partial charge is 0.484 e. The number of carbonyl (C=O) groups excluding carboxylic acids is 1. The molecule has 4 heteroatoms. The Kier molecular flexibility index (Phi) is 4.97. The highest BCUT2D eigenvalue weighted by atomic mass is 16.5. The van der Waals surface area contributed by atoms with Gasteiger partial charge in [-0.2, -0.15) is 0 Å². The Labute approximate surface area is 158 Å². The van der Waals surface area contributed by atoms with Crippen molar-refractivity contribution in [2.24, 2.45) is 0 Å². The third-order valence-electron chi connectivity index (χ3n) is 4.58. The summed E-state index contributed by atoms with van der Waals surface area (Å²) >= 11 is 0. The maximum Gasteiger partial charge on any atom is 0.247 e. The molecule has 0 saturated carbocycles. The molecular weight excluding hydrogens is 336 g/mol. The highest BCUT2D eigenvalue weighted by Crippen LogP contribution is 2.31. The molecule has 1 unspecified atom stereocenters. The van der Waals surface area contributed by atoms with Gasteiger partial charge in [-0.25, -0.2) is 0 Å². The molecule has 134 valence electrons. The van der Waals surface area contributed by atoms with E-state index in [0.29, 0.717) is 13.1 Å². The molecule has 2 heterocycles. The number of fused-ring (bicyclic) bond motifs is 1. The van der Waals surface area contributed by atoms with Gasteiger partial charge in [-0.05, 0) is 29.3 Å². The van der Waals surface area contributed by atoms with Crippen molar-refractivity contribution >= 4 is 12.0 Å². The van der Waals surface area contributed by atoms with Crippen LogP contribution in [0.1, 0.15) is 22.8 Å². The number of ether oxygens (including phenoxy) is 1. The maximum absolute atomic E-state index is 12.9.